The first kappa shape index (κ1) is 16.4. The minimum atomic E-state index is 0.135. The van der Waals surface area contributed by atoms with E-state index in [9.17, 15) is 4.79 Å². The minimum Gasteiger partial charge on any atom is -0.360 e. The number of nitrogens with zero attached hydrogens (tertiary/aromatic N) is 3. The molecule has 0 saturated carbocycles. The number of ketones is 1. The molecule has 1 N–H and O–H groups in total. The van der Waals surface area contributed by atoms with Crippen LogP contribution in [0.3, 0.4) is 0 Å². The summed E-state index contributed by atoms with van der Waals surface area (Å²) in [5.41, 5.74) is 3.09. The third-order valence-corrected chi connectivity index (χ3v) is 5.86. The molecule has 130 valence electrons. The number of H-pyrrole nitrogens is 1. The lowest BCUT2D eigenvalue weighted by molar-refractivity contribution is 0.102. The van der Waals surface area contributed by atoms with E-state index in [1.54, 1.807) is 0 Å². The summed E-state index contributed by atoms with van der Waals surface area (Å²) in [7, 11) is 0. The standard InChI is InChI=1S/C19H22N4OS/c1-2-13-7-6-8-14-15(11-20-18(13)14)16(24)12-25-19-22-21-17-9-4-3-5-10-23(17)19/h6-8,11,20H,2-5,9-10,12H2,1H3. The number of rotatable bonds is 5. The molecule has 6 heteroatoms. The van der Waals surface area contributed by atoms with E-state index in [-0.39, 0.29) is 5.78 Å². The van der Waals surface area contributed by atoms with Gasteiger partial charge in [0.1, 0.15) is 5.82 Å². The van der Waals surface area contributed by atoms with Crippen LogP contribution >= 0.6 is 11.8 Å². The molecule has 0 radical (unpaired) electrons. The first-order chi connectivity index (χ1) is 12.3. The van der Waals surface area contributed by atoms with Gasteiger partial charge in [0.25, 0.3) is 0 Å². The molecular formula is C19H22N4OS. The van der Waals surface area contributed by atoms with Crippen molar-refractivity contribution in [1.82, 2.24) is 19.7 Å². The number of thioether (sulfide) groups is 1. The van der Waals surface area contributed by atoms with Crippen LogP contribution in [0.25, 0.3) is 10.9 Å². The van der Waals surface area contributed by atoms with Gasteiger partial charge in [-0.15, -0.1) is 10.2 Å². The van der Waals surface area contributed by atoms with Gasteiger partial charge in [0, 0.05) is 35.6 Å². The summed E-state index contributed by atoms with van der Waals surface area (Å²) < 4.78 is 2.19. The van der Waals surface area contributed by atoms with E-state index in [4.69, 9.17) is 0 Å². The summed E-state index contributed by atoms with van der Waals surface area (Å²) in [6.45, 7) is 3.09. The van der Waals surface area contributed by atoms with Crippen molar-refractivity contribution in [2.24, 2.45) is 0 Å². The largest absolute Gasteiger partial charge is 0.360 e. The molecule has 0 saturated heterocycles. The summed E-state index contributed by atoms with van der Waals surface area (Å²) in [6.07, 6.45) is 7.36. The highest BCUT2D eigenvalue weighted by atomic mass is 32.2. The van der Waals surface area contributed by atoms with Crippen LogP contribution in [0.15, 0.2) is 29.6 Å². The molecule has 0 spiro atoms. The van der Waals surface area contributed by atoms with Crippen molar-refractivity contribution < 1.29 is 4.79 Å². The maximum Gasteiger partial charge on any atom is 0.191 e. The summed E-state index contributed by atoms with van der Waals surface area (Å²) in [5, 5.41) is 10.5. The van der Waals surface area contributed by atoms with E-state index in [2.05, 4.69) is 32.7 Å². The van der Waals surface area contributed by atoms with Crippen LogP contribution in [0, 0.1) is 0 Å². The number of fused-ring (bicyclic) bond motifs is 2. The molecule has 0 atom stereocenters. The van der Waals surface area contributed by atoms with Crippen LogP contribution in [0.4, 0.5) is 0 Å². The van der Waals surface area contributed by atoms with E-state index < -0.39 is 0 Å². The zero-order chi connectivity index (χ0) is 17.2. The number of aryl methyl sites for hydroxylation is 2. The van der Waals surface area contributed by atoms with Gasteiger partial charge in [0.15, 0.2) is 10.9 Å². The van der Waals surface area contributed by atoms with E-state index in [0.29, 0.717) is 5.75 Å². The molecule has 1 aliphatic rings. The van der Waals surface area contributed by atoms with Crippen LogP contribution in [-0.2, 0) is 19.4 Å². The minimum absolute atomic E-state index is 0.135. The monoisotopic (exact) mass is 354 g/mol. The topological polar surface area (TPSA) is 63.6 Å². The number of hydrogen-bond acceptors (Lipinski definition) is 4. The second kappa shape index (κ2) is 7.04. The normalized spacial score (nSPS) is 14.4. The summed E-state index contributed by atoms with van der Waals surface area (Å²) >= 11 is 1.50. The number of Topliss-reactive ketones (excluding diaryl/α,β-unsaturated/α-hetero) is 1. The quantitative estimate of drug-likeness (QED) is 0.555. The molecule has 1 aromatic carbocycles. The first-order valence-corrected chi connectivity index (χ1v) is 9.93. The molecule has 4 rings (SSSR count). The third kappa shape index (κ3) is 3.11. The molecule has 5 nitrogen and oxygen atoms in total. The molecule has 2 aromatic heterocycles. The second-order valence-electron chi connectivity index (χ2n) is 6.47. The van der Waals surface area contributed by atoms with Crippen molar-refractivity contribution in [3.63, 3.8) is 0 Å². The Kier molecular flexibility index (Phi) is 4.61. The lowest BCUT2D eigenvalue weighted by Crippen LogP contribution is -2.06. The van der Waals surface area contributed by atoms with Crippen LogP contribution < -0.4 is 0 Å². The number of para-hydroxylation sites is 1. The molecule has 1 aliphatic heterocycles. The van der Waals surface area contributed by atoms with Crippen molar-refractivity contribution in [3.05, 3.63) is 41.3 Å². The highest BCUT2D eigenvalue weighted by Crippen LogP contribution is 2.26. The summed E-state index contributed by atoms with van der Waals surface area (Å²) in [4.78, 5) is 16.0. The Bertz CT molecular complexity index is 911. The average molecular weight is 354 g/mol. The van der Waals surface area contributed by atoms with Crippen LogP contribution in [0.1, 0.15) is 47.9 Å². The Morgan fingerprint density at radius 3 is 3.08 bits per heavy atom. The predicted molar refractivity (Wildman–Crippen MR) is 100 cm³/mol. The third-order valence-electron chi connectivity index (χ3n) is 4.89. The zero-order valence-electron chi connectivity index (χ0n) is 14.4. The molecule has 0 amide bonds. The number of benzene rings is 1. The fourth-order valence-corrected chi connectivity index (χ4v) is 4.38. The smallest absolute Gasteiger partial charge is 0.191 e. The summed E-state index contributed by atoms with van der Waals surface area (Å²) in [5.74, 6) is 1.59. The number of nitrogens with one attached hydrogen (secondary N) is 1. The molecule has 0 unspecified atom stereocenters. The van der Waals surface area contributed by atoms with Crippen LogP contribution in [0.2, 0.25) is 0 Å². The van der Waals surface area contributed by atoms with Crippen LogP contribution in [0.5, 0.6) is 0 Å². The van der Waals surface area contributed by atoms with Crippen LogP contribution in [-0.4, -0.2) is 31.3 Å². The van der Waals surface area contributed by atoms with Gasteiger partial charge >= 0.3 is 0 Å². The highest BCUT2D eigenvalue weighted by molar-refractivity contribution is 7.99. The Hall–Kier alpha value is -2.08. The molecule has 0 bridgehead atoms. The molecule has 25 heavy (non-hydrogen) atoms. The van der Waals surface area contributed by atoms with Crippen molar-refractivity contribution >= 4 is 28.4 Å². The second-order valence-corrected chi connectivity index (χ2v) is 7.41. The first-order valence-electron chi connectivity index (χ1n) is 8.95. The van der Waals surface area contributed by atoms with E-state index in [0.717, 1.165) is 53.3 Å². The highest BCUT2D eigenvalue weighted by Gasteiger charge is 2.18. The Morgan fingerprint density at radius 2 is 2.20 bits per heavy atom. The predicted octanol–water partition coefficient (Wildman–Crippen LogP) is 4.02. The molecule has 3 heterocycles. The van der Waals surface area contributed by atoms with Crippen molar-refractivity contribution in [1.29, 1.82) is 0 Å². The fraction of sp³-hybridized carbons (Fsp3) is 0.421. The van der Waals surface area contributed by atoms with Gasteiger partial charge in [-0.05, 0) is 24.8 Å². The van der Waals surface area contributed by atoms with Gasteiger partial charge in [-0.1, -0.05) is 43.3 Å². The zero-order valence-corrected chi connectivity index (χ0v) is 15.2. The van der Waals surface area contributed by atoms with E-state index in [1.807, 2.05) is 18.3 Å². The number of aromatic nitrogens is 4. The van der Waals surface area contributed by atoms with Gasteiger partial charge in [-0.3, -0.25) is 4.79 Å². The lowest BCUT2D eigenvalue weighted by Gasteiger charge is -2.06. The van der Waals surface area contributed by atoms with Gasteiger partial charge < -0.3 is 9.55 Å². The van der Waals surface area contributed by atoms with Gasteiger partial charge in [0.2, 0.25) is 0 Å². The van der Waals surface area contributed by atoms with Gasteiger partial charge in [-0.2, -0.15) is 0 Å². The van der Waals surface area contributed by atoms with E-state index in [1.165, 1.54) is 30.2 Å². The maximum atomic E-state index is 12.8. The summed E-state index contributed by atoms with van der Waals surface area (Å²) in [6, 6.07) is 6.15. The maximum absolute atomic E-state index is 12.8. The van der Waals surface area contributed by atoms with E-state index >= 15 is 0 Å². The number of aromatic amines is 1. The van der Waals surface area contributed by atoms with Gasteiger partial charge in [0.05, 0.1) is 5.75 Å². The Labute approximate surface area is 151 Å². The molecule has 0 fully saturated rings. The Morgan fingerprint density at radius 1 is 1.28 bits per heavy atom. The van der Waals surface area contributed by atoms with Crippen molar-refractivity contribution in [2.75, 3.05) is 5.75 Å². The molecular weight excluding hydrogens is 332 g/mol. The average Bonchev–Trinajstić information content (AvgIpc) is 3.16. The van der Waals surface area contributed by atoms with Gasteiger partial charge in [-0.25, -0.2) is 0 Å². The Balaban J connectivity index is 1.53. The SMILES string of the molecule is CCc1cccc2c(C(=O)CSc3nnc4n3CCCCC4)c[nH]c12. The van der Waals surface area contributed by atoms with Crippen molar-refractivity contribution in [2.45, 2.75) is 50.7 Å². The molecule has 0 aliphatic carbocycles. The lowest BCUT2D eigenvalue weighted by atomic mass is 10.1. The number of hydrogen-bond donors (Lipinski definition) is 1. The molecule has 3 aromatic rings. The number of carbonyl (C=O) groups is 1. The van der Waals surface area contributed by atoms with Crippen molar-refractivity contribution in [3.8, 4) is 0 Å². The fourth-order valence-electron chi connectivity index (χ4n) is 3.52. The number of carbonyl (C=O) groups excluding carboxylic acids is 1.